The van der Waals surface area contributed by atoms with Crippen LogP contribution in [0.1, 0.15) is 25.5 Å². The van der Waals surface area contributed by atoms with Gasteiger partial charge in [-0.3, -0.25) is 9.78 Å². The summed E-state index contributed by atoms with van der Waals surface area (Å²) >= 11 is 0. The maximum Gasteiger partial charge on any atom is 0.263 e. The molecule has 6 nitrogen and oxygen atoms in total. The summed E-state index contributed by atoms with van der Waals surface area (Å²) < 4.78 is 1.89. The zero-order valence-corrected chi connectivity index (χ0v) is 10.5. The Kier molecular flexibility index (Phi) is 2.98. The van der Waals surface area contributed by atoms with Crippen LogP contribution in [0.4, 0.5) is 5.95 Å². The van der Waals surface area contributed by atoms with Gasteiger partial charge in [0.25, 0.3) is 5.56 Å². The second kappa shape index (κ2) is 4.45. The summed E-state index contributed by atoms with van der Waals surface area (Å²) in [6, 6.07) is 2.90. The van der Waals surface area contributed by atoms with Crippen LogP contribution in [0.2, 0.25) is 0 Å². The fourth-order valence-electron chi connectivity index (χ4n) is 1.79. The van der Waals surface area contributed by atoms with Crippen LogP contribution in [-0.2, 0) is 0 Å². The van der Waals surface area contributed by atoms with Crippen molar-refractivity contribution in [1.29, 1.82) is 0 Å². The quantitative estimate of drug-likeness (QED) is 0.501. The first kappa shape index (κ1) is 12.0. The average Bonchev–Trinajstić information content (AvgIpc) is 2.65. The molecule has 0 bridgehead atoms. The number of hydrogen-bond acceptors (Lipinski definition) is 4. The number of anilines is 1. The fraction of sp³-hybridized carbons (Fsp3) is 0.333. The zero-order valence-electron chi connectivity index (χ0n) is 10.5. The number of nitrogens with one attached hydrogen (secondary N) is 2. The fourth-order valence-corrected chi connectivity index (χ4v) is 1.79. The third-order valence-electron chi connectivity index (χ3n) is 2.58. The molecule has 0 aliphatic rings. The van der Waals surface area contributed by atoms with Crippen molar-refractivity contribution >= 4 is 17.0 Å². The van der Waals surface area contributed by atoms with Gasteiger partial charge in [-0.2, -0.15) is 4.98 Å². The summed E-state index contributed by atoms with van der Waals surface area (Å²) in [5.41, 5.74) is 6.51. The van der Waals surface area contributed by atoms with Crippen LogP contribution >= 0.6 is 0 Å². The van der Waals surface area contributed by atoms with Crippen molar-refractivity contribution in [3.8, 4) is 12.0 Å². The first-order valence-corrected chi connectivity index (χ1v) is 5.62. The van der Waals surface area contributed by atoms with Gasteiger partial charge < -0.3 is 15.6 Å². The molecule has 2 aromatic heterocycles. The molecule has 2 rings (SSSR count). The first-order chi connectivity index (χ1) is 8.54. The number of nitrogen functional groups attached to an aromatic ring is 1. The summed E-state index contributed by atoms with van der Waals surface area (Å²) in [6.07, 6.45) is 1.82. The molecule has 2 aromatic rings. The molecule has 0 aliphatic carbocycles. The van der Waals surface area contributed by atoms with Crippen molar-refractivity contribution < 1.29 is 0 Å². The molecule has 0 saturated carbocycles. The Morgan fingerprint density at radius 3 is 2.89 bits per heavy atom. The largest absolute Gasteiger partial charge is 0.369 e. The molecule has 0 spiro atoms. The second-order valence-electron chi connectivity index (χ2n) is 4.19. The molecule has 2 heterocycles. The van der Waals surface area contributed by atoms with Crippen molar-refractivity contribution in [2.45, 2.75) is 19.9 Å². The topological polar surface area (TPSA) is 88.7 Å². The van der Waals surface area contributed by atoms with Crippen LogP contribution in [0.5, 0.6) is 0 Å². The van der Waals surface area contributed by atoms with E-state index in [1.54, 1.807) is 7.05 Å². The normalized spacial score (nSPS) is 10.4. The Morgan fingerprint density at radius 1 is 1.56 bits per heavy atom. The van der Waals surface area contributed by atoms with Gasteiger partial charge in [0.2, 0.25) is 5.95 Å². The number of nitrogens with two attached hydrogens (primary N) is 1. The van der Waals surface area contributed by atoms with Crippen LogP contribution in [0.15, 0.2) is 11.0 Å². The summed E-state index contributed by atoms with van der Waals surface area (Å²) in [6.45, 7) is 4.02. The molecule has 0 amide bonds. The summed E-state index contributed by atoms with van der Waals surface area (Å²) in [5, 5.41) is 3.20. The third-order valence-corrected chi connectivity index (χ3v) is 2.58. The van der Waals surface area contributed by atoms with Gasteiger partial charge in [0.15, 0.2) is 5.65 Å². The molecule has 0 aromatic carbocycles. The van der Waals surface area contributed by atoms with Crippen molar-refractivity contribution in [1.82, 2.24) is 19.9 Å². The van der Waals surface area contributed by atoms with Crippen LogP contribution in [-0.4, -0.2) is 21.6 Å². The standard InChI is InChI=1S/C12H15N5O/c1-7(2)17-6-8(4-5-14-3)9-10(17)15-12(13)16-11(9)18/h6-7,14H,1-3H3,(H3,13,15,16,18). The van der Waals surface area contributed by atoms with Crippen molar-refractivity contribution in [2.24, 2.45) is 0 Å². The highest BCUT2D eigenvalue weighted by molar-refractivity contribution is 5.83. The van der Waals surface area contributed by atoms with Gasteiger partial charge in [0.1, 0.15) is 0 Å². The molecular formula is C12H15N5O. The molecule has 0 fully saturated rings. The van der Waals surface area contributed by atoms with E-state index in [9.17, 15) is 4.79 Å². The number of fused-ring (bicyclic) bond motifs is 1. The number of nitrogens with zero attached hydrogens (tertiary/aromatic N) is 2. The summed E-state index contributed by atoms with van der Waals surface area (Å²) in [7, 11) is 1.72. The Hall–Kier alpha value is -2.42. The number of H-pyrrole nitrogens is 1. The van der Waals surface area contributed by atoms with Gasteiger partial charge >= 0.3 is 0 Å². The Bertz CT molecular complexity index is 699. The number of rotatable bonds is 1. The Labute approximate surface area is 104 Å². The van der Waals surface area contributed by atoms with Crippen LogP contribution in [0.25, 0.3) is 11.0 Å². The van der Waals surface area contributed by atoms with Gasteiger partial charge in [-0.25, -0.2) is 0 Å². The molecule has 0 saturated heterocycles. The first-order valence-electron chi connectivity index (χ1n) is 5.62. The van der Waals surface area contributed by atoms with E-state index in [0.29, 0.717) is 16.6 Å². The summed E-state index contributed by atoms with van der Waals surface area (Å²) in [5.74, 6) is 3.00. The lowest BCUT2D eigenvalue weighted by atomic mass is 10.2. The highest BCUT2D eigenvalue weighted by Gasteiger charge is 2.14. The highest BCUT2D eigenvalue weighted by Crippen LogP contribution is 2.19. The van der Waals surface area contributed by atoms with Crippen LogP contribution < -0.4 is 16.6 Å². The van der Waals surface area contributed by atoms with Crippen LogP contribution in [0.3, 0.4) is 0 Å². The molecule has 0 aliphatic heterocycles. The second-order valence-corrected chi connectivity index (χ2v) is 4.19. The summed E-state index contributed by atoms with van der Waals surface area (Å²) in [4.78, 5) is 18.6. The van der Waals surface area contributed by atoms with Gasteiger partial charge in [-0.1, -0.05) is 0 Å². The SMILES string of the molecule is CNC#Cc1cn(C(C)C)c2nc(N)[nH]c(=O)c12. The highest BCUT2D eigenvalue weighted by atomic mass is 16.1. The van der Waals surface area contributed by atoms with E-state index in [-0.39, 0.29) is 17.5 Å². The van der Waals surface area contributed by atoms with Crippen molar-refractivity contribution in [2.75, 3.05) is 12.8 Å². The van der Waals surface area contributed by atoms with E-state index in [1.807, 2.05) is 24.6 Å². The number of aromatic amines is 1. The van der Waals surface area contributed by atoms with Gasteiger partial charge in [0.05, 0.1) is 10.9 Å². The molecule has 0 unspecified atom stereocenters. The van der Waals surface area contributed by atoms with Gasteiger partial charge in [-0.05, 0) is 19.8 Å². The van der Waals surface area contributed by atoms with E-state index in [4.69, 9.17) is 5.73 Å². The predicted octanol–water partition coefficient (Wildman–Crippen LogP) is 0.416. The lowest BCUT2D eigenvalue weighted by molar-refractivity contribution is 0.617. The van der Waals surface area contributed by atoms with E-state index >= 15 is 0 Å². The molecular weight excluding hydrogens is 230 g/mol. The molecule has 0 radical (unpaired) electrons. The van der Waals surface area contributed by atoms with E-state index in [2.05, 4.69) is 27.2 Å². The maximum atomic E-state index is 11.9. The minimum absolute atomic E-state index is 0.112. The van der Waals surface area contributed by atoms with Crippen molar-refractivity contribution in [3.63, 3.8) is 0 Å². The lowest BCUT2D eigenvalue weighted by Gasteiger charge is -2.07. The number of aromatic nitrogens is 3. The predicted molar refractivity (Wildman–Crippen MR) is 71.1 cm³/mol. The van der Waals surface area contributed by atoms with Gasteiger partial charge in [0, 0.05) is 25.3 Å². The third kappa shape index (κ3) is 1.91. The monoisotopic (exact) mass is 245 g/mol. The number of hydrogen-bond donors (Lipinski definition) is 3. The van der Waals surface area contributed by atoms with E-state index in [0.717, 1.165) is 0 Å². The zero-order chi connectivity index (χ0) is 13.3. The molecule has 6 heteroatoms. The smallest absolute Gasteiger partial charge is 0.263 e. The van der Waals surface area contributed by atoms with Gasteiger partial charge in [-0.15, -0.1) is 0 Å². The van der Waals surface area contributed by atoms with Crippen LogP contribution in [0, 0.1) is 12.0 Å². The molecule has 94 valence electrons. The van der Waals surface area contributed by atoms with Crippen molar-refractivity contribution in [3.05, 3.63) is 22.1 Å². The minimum Gasteiger partial charge on any atom is -0.369 e. The lowest BCUT2D eigenvalue weighted by Crippen LogP contribution is -2.12. The van der Waals surface area contributed by atoms with E-state index < -0.39 is 0 Å². The molecule has 4 N–H and O–H groups in total. The Morgan fingerprint density at radius 2 is 2.28 bits per heavy atom. The Balaban J connectivity index is 2.85. The average molecular weight is 245 g/mol. The maximum absolute atomic E-state index is 11.9. The molecule has 0 atom stereocenters. The van der Waals surface area contributed by atoms with E-state index in [1.165, 1.54) is 0 Å². The molecule has 18 heavy (non-hydrogen) atoms. The minimum atomic E-state index is -0.266.